The van der Waals surface area contributed by atoms with Crippen LogP contribution in [-0.4, -0.2) is 23.1 Å². The molecule has 0 aromatic heterocycles. The van der Waals surface area contributed by atoms with Crippen LogP contribution in [0.5, 0.6) is 0 Å². The zero-order valence-corrected chi connectivity index (χ0v) is 12.0. The third-order valence-electron chi connectivity index (χ3n) is 3.41. The average Bonchev–Trinajstić information content (AvgIpc) is 2.38. The summed E-state index contributed by atoms with van der Waals surface area (Å²) in [6.45, 7) is 3.97. The smallest absolute Gasteiger partial charge is 0.349 e. The molecule has 0 bridgehead atoms. The molecule has 2 nitrogen and oxygen atoms in total. The molecule has 1 fully saturated rings. The molecule has 0 radical (unpaired) electrons. The Labute approximate surface area is 122 Å². The van der Waals surface area contributed by atoms with Crippen molar-refractivity contribution >= 4 is 23.0 Å². The van der Waals surface area contributed by atoms with Crippen molar-refractivity contribution in [2.45, 2.75) is 25.9 Å². The predicted octanol–water partition coefficient (Wildman–Crippen LogP) is 4.13. The molecule has 1 aromatic carbocycles. The molecular weight excluding hydrogens is 285 g/mol. The van der Waals surface area contributed by atoms with E-state index in [-0.39, 0.29) is 0 Å². The average molecular weight is 302 g/mol. The Morgan fingerprint density at radius 3 is 2.50 bits per heavy atom. The molecule has 1 N–H and O–H groups in total. The van der Waals surface area contributed by atoms with Gasteiger partial charge in [0.1, 0.15) is 0 Å². The van der Waals surface area contributed by atoms with Crippen molar-refractivity contribution in [2.75, 3.05) is 18.4 Å². The van der Waals surface area contributed by atoms with Gasteiger partial charge in [0.05, 0.1) is 5.56 Å². The fraction of sp³-hybridized carbons (Fsp3) is 0.500. The predicted molar refractivity (Wildman–Crippen MR) is 77.6 cm³/mol. The summed E-state index contributed by atoms with van der Waals surface area (Å²) in [6, 6.07) is 4.93. The minimum Gasteiger partial charge on any atom is -0.349 e. The number of likely N-dealkylation sites (tertiary alicyclic amines) is 1. The maximum Gasteiger partial charge on any atom is 0.416 e. The highest BCUT2D eigenvalue weighted by atomic mass is 32.1. The molecule has 1 atom stereocenters. The molecule has 1 aliphatic heterocycles. The van der Waals surface area contributed by atoms with E-state index in [1.165, 1.54) is 18.6 Å². The summed E-state index contributed by atoms with van der Waals surface area (Å²) in [5.41, 5.74) is -0.0678. The van der Waals surface area contributed by atoms with Crippen LogP contribution in [0.25, 0.3) is 0 Å². The van der Waals surface area contributed by atoms with Crippen LogP contribution >= 0.6 is 12.2 Å². The van der Waals surface area contributed by atoms with Gasteiger partial charge in [-0.3, -0.25) is 0 Å². The fourth-order valence-corrected chi connectivity index (χ4v) is 2.60. The van der Waals surface area contributed by atoms with Crippen LogP contribution in [0.3, 0.4) is 0 Å². The van der Waals surface area contributed by atoms with E-state index in [9.17, 15) is 13.2 Å². The molecular formula is C14H17F3N2S. The highest BCUT2D eigenvalue weighted by Gasteiger charge is 2.30. The van der Waals surface area contributed by atoms with Gasteiger partial charge in [-0.2, -0.15) is 13.2 Å². The molecule has 1 aromatic rings. The third kappa shape index (κ3) is 3.85. The molecule has 0 aliphatic carbocycles. The van der Waals surface area contributed by atoms with Crippen LogP contribution < -0.4 is 5.32 Å². The topological polar surface area (TPSA) is 15.3 Å². The zero-order chi connectivity index (χ0) is 14.8. The number of benzene rings is 1. The summed E-state index contributed by atoms with van der Waals surface area (Å²) >= 11 is 5.31. The number of nitrogens with zero attached hydrogens (tertiary/aromatic N) is 1. The summed E-state index contributed by atoms with van der Waals surface area (Å²) in [5, 5.41) is 3.58. The van der Waals surface area contributed by atoms with Crippen molar-refractivity contribution < 1.29 is 13.2 Å². The van der Waals surface area contributed by atoms with Crippen LogP contribution in [0.4, 0.5) is 18.9 Å². The molecule has 6 heteroatoms. The number of anilines is 1. The van der Waals surface area contributed by atoms with E-state index in [0.29, 0.717) is 16.7 Å². The molecule has 0 spiro atoms. The van der Waals surface area contributed by atoms with E-state index in [2.05, 4.69) is 17.1 Å². The summed E-state index contributed by atoms with van der Waals surface area (Å²) in [6.07, 6.45) is -2.02. The Morgan fingerprint density at radius 1 is 1.30 bits per heavy atom. The lowest BCUT2D eigenvalue weighted by atomic mass is 10.0. The fourth-order valence-electron chi connectivity index (χ4n) is 2.32. The summed E-state index contributed by atoms with van der Waals surface area (Å²) in [4.78, 5) is 2.07. The number of hydrogen-bond donors (Lipinski definition) is 1. The Morgan fingerprint density at radius 2 is 1.95 bits per heavy atom. The number of nitrogens with one attached hydrogen (secondary N) is 1. The van der Waals surface area contributed by atoms with E-state index in [1.807, 2.05) is 0 Å². The normalized spacial score (nSPS) is 19.8. The van der Waals surface area contributed by atoms with Gasteiger partial charge in [-0.15, -0.1) is 0 Å². The van der Waals surface area contributed by atoms with Gasteiger partial charge in [-0.1, -0.05) is 6.92 Å². The van der Waals surface area contributed by atoms with Gasteiger partial charge < -0.3 is 10.2 Å². The van der Waals surface area contributed by atoms with Gasteiger partial charge in [0, 0.05) is 18.8 Å². The van der Waals surface area contributed by atoms with Crippen LogP contribution in [0.15, 0.2) is 24.3 Å². The number of halogens is 3. The van der Waals surface area contributed by atoms with E-state index in [4.69, 9.17) is 12.2 Å². The lowest BCUT2D eigenvalue weighted by Crippen LogP contribution is -2.41. The van der Waals surface area contributed by atoms with Gasteiger partial charge >= 0.3 is 6.18 Å². The van der Waals surface area contributed by atoms with Crippen molar-refractivity contribution in [3.63, 3.8) is 0 Å². The molecule has 110 valence electrons. The maximum atomic E-state index is 12.5. The lowest BCUT2D eigenvalue weighted by molar-refractivity contribution is -0.137. The first-order chi connectivity index (χ1) is 9.36. The quantitative estimate of drug-likeness (QED) is 0.785. The van der Waals surface area contributed by atoms with Crippen LogP contribution in [0.1, 0.15) is 25.3 Å². The minimum absolute atomic E-state index is 0.580. The SMILES string of the molecule is C[C@@H]1CCCN(C(=S)Nc2ccc(C(F)(F)F)cc2)C1. The molecule has 1 aliphatic rings. The van der Waals surface area contributed by atoms with Gasteiger partial charge in [0.25, 0.3) is 0 Å². The number of hydrogen-bond acceptors (Lipinski definition) is 1. The Kier molecular flexibility index (Phi) is 4.52. The second kappa shape index (κ2) is 5.99. The Hall–Kier alpha value is -1.30. The number of rotatable bonds is 1. The molecule has 20 heavy (non-hydrogen) atoms. The molecule has 0 amide bonds. The van der Waals surface area contributed by atoms with Crippen molar-refractivity contribution in [3.05, 3.63) is 29.8 Å². The van der Waals surface area contributed by atoms with Gasteiger partial charge in [-0.05, 0) is 55.2 Å². The maximum absolute atomic E-state index is 12.5. The van der Waals surface area contributed by atoms with E-state index in [0.717, 1.165) is 31.6 Å². The van der Waals surface area contributed by atoms with Crippen molar-refractivity contribution in [2.24, 2.45) is 5.92 Å². The Balaban J connectivity index is 1.97. The number of piperidine rings is 1. The van der Waals surface area contributed by atoms with E-state index >= 15 is 0 Å². The second-order valence-electron chi connectivity index (χ2n) is 5.20. The molecule has 0 unspecified atom stereocenters. The minimum atomic E-state index is -4.30. The highest BCUT2D eigenvalue weighted by molar-refractivity contribution is 7.80. The van der Waals surface area contributed by atoms with E-state index in [1.54, 1.807) is 0 Å². The number of alkyl halides is 3. The zero-order valence-electron chi connectivity index (χ0n) is 11.2. The van der Waals surface area contributed by atoms with Crippen molar-refractivity contribution in [3.8, 4) is 0 Å². The van der Waals surface area contributed by atoms with Gasteiger partial charge in [0.2, 0.25) is 0 Å². The summed E-state index contributed by atoms with van der Waals surface area (Å²) in [7, 11) is 0. The van der Waals surface area contributed by atoms with E-state index < -0.39 is 11.7 Å². The first-order valence-electron chi connectivity index (χ1n) is 6.59. The monoisotopic (exact) mass is 302 g/mol. The molecule has 1 saturated heterocycles. The third-order valence-corrected chi connectivity index (χ3v) is 3.77. The molecule has 0 saturated carbocycles. The first-order valence-corrected chi connectivity index (χ1v) is 7.00. The molecule has 2 rings (SSSR count). The highest BCUT2D eigenvalue weighted by Crippen LogP contribution is 2.29. The van der Waals surface area contributed by atoms with Crippen LogP contribution in [0.2, 0.25) is 0 Å². The largest absolute Gasteiger partial charge is 0.416 e. The lowest BCUT2D eigenvalue weighted by Gasteiger charge is -2.33. The first kappa shape index (κ1) is 15.1. The Bertz CT molecular complexity index is 470. The van der Waals surface area contributed by atoms with Gasteiger partial charge in [0.15, 0.2) is 5.11 Å². The number of thiocarbonyl (C=S) groups is 1. The standard InChI is InChI=1S/C14H17F3N2S/c1-10-3-2-8-19(9-10)13(20)18-12-6-4-11(5-7-12)14(15,16)17/h4-7,10H,2-3,8-9H2,1H3,(H,18,20)/t10-/m1/s1. The van der Waals surface area contributed by atoms with Crippen LogP contribution in [0, 0.1) is 5.92 Å². The summed E-state index contributed by atoms with van der Waals surface area (Å²) < 4.78 is 37.4. The molecule has 1 heterocycles. The van der Waals surface area contributed by atoms with Crippen LogP contribution in [-0.2, 0) is 6.18 Å². The second-order valence-corrected chi connectivity index (χ2v) is 5.59. The summed E-state index contributed by atoms with van der Waals surface area (Å²) in [5.74, 6) is 0.594. The van der Waals surface area contributed by atoms with Crippen molar-refractivity contribution in [1.29, 1.82) is 0 Å². The van der Waals surface area contributed by atoms with Gasteiger partial charge in [-0.25, -0.2) is 0 Å². The van der Waals surface area contributed by atoms with Crippen molar-refractivity contribution in [1.82, 2.24) is 4.90 Å².